The predicted molar refractivity (Wildman–Crippen MR) is 432 cm³/mol. The van der Waals surface area contributed by atoms with E-state index in [-0.39, 0.29) is 68.0 Å². The van der Waals surface area contributed by atoms with Crippen LogP contribution in [0.1, 0.15) is 104 Å². The fourth-order valence-electron chi connectivity index (χ4n) is 8.51. The van der Waals surface area contributed by atoms with Crippen molar-refractivity contribution in [3.8, 4) is 28.7 Å². The van der Waals surface area contributed by atoms with Gasteiger partial charge in [0.1, 0.15) is 132 Å². The number of carbonyl (C=O) groups is 11. The number of fused-ring (bicyclic) bond motifs is 3. The third kappa shape index (κ3) is 40.9. The highest BCUT2D eigenvalue weighted by atomic mass is 35.5. The summed E-state index contributed by atoms with van der Waals surface area (Å²) in [6, 6.07) is 2.41. The molecule has 674 valence electrons. The SMILES string of the molecule is CC(C)(C)OC(=O)N[C@@H](CO)C(=O)O.CC(C)(C)OC(=O)N[C@@H](COc1ccncc1N)C(=O)O.CC(C)(C)OC(=O)N[C@@H](COc1ccncc1[N+](=O)[O-])C(=O)O.CC(C)(C)OC(=O)N[C@H]1COc2ccncc2NC1=O.CC(C)(C)OC(=O)N[C@H]1COc2ccncc2NC1=O.CN1C(=O)[C@@H](N)COc2ccncc21.Cl.O=[N+]([O-])c1cnccc1F. The van der Waals surface area contributed by atoms with E-state index >= 15 is 0 Å². The van der Waals surface area contributed by atoms with E-state index in [1.807, 2.05) is 5.32 Å². The summed E-state index contributed by atoms with van der Waals surface area (Å²) in [5.74, 6) is -3.86. The molecule has 15 N–H and O–H groups in total. The van der Waals surface area contributed by atoms with E-state index in [2.05, 4.69) is 61.8 Å². The summed E-state index contributed by atoms with van der Waals surface area (Å²) in [5.41, 5.74) is 8.66. The van der Waals surface area contributed by atoms with Gasteiger partial charge in [-0.25, -0.2) is 38.4 Å². The number of carbonyl (C=O) groups excluding carboxylic acids is 8. The van der Waals surface area contributed by atoms with Crippen molar-refractivity contribution < 1.29 is 135 Å². The number of nitrogens with one attached hydrogen (secondary N) is 7. The first-order valence-corrected chi connectivity index (χ1v) is 36.1. The van der Waals surface area contributed by atoms with E-state index < -0.39 is 153 Å². The van der Waals surface area contributed by atoms with Gasteiger partial charge in [-0.15, -0.1) is 12.4 Å². The zero-order chi connectivity index (χ0) is 92.2. The van der Waals surface area contributed by atoms with Gasteiger partial charge in [0.2, 0.25) is 11.7 Å². The number of alkyl carbamates (subject to hydrolysis) is 5. The second kappa shape index (κ2) is 48.8. The molecule has 6 atom stereocenters. The molecule has 0 fully saturated rings. The lowest BCUT2D eigenvalue weighted by molar-refractivity contribution is -0.387. The molecule has 6 aromatic heterocycles. The van der Waals surface area contributed by atoms with Gasteiger partial charge in [-0.1, -0.05) is 0 Å². The van der Waals surface area contributed by atoms with Gasteiger partial charge < -0.3 is 121 Å². The molecule has 47 nitrogen and oxygen atoms in total. The van der Waals surface area contributed by atoms with Gasteiger partial charge in [-0.2, -0.15) is 4.39 Å². The summed E-state index contributed by atoms with van der Waals surface area (Å²) in [6.07, 6.45) is 12.5. The summed E-state index contributed by atoms with van der Waals surface area (Å²) in [7, 11) is 1.66. The fraction of sp³-hybridized carbons (Fsp3) is 0.446. The van der Waals surface area contributed by atoms with E-state index in [0.29, 0.717) is 40.1 Å². The number of rotatable bonds is 17. The monoisotopic (exact) mass is 1760 g/mol. The molecule has 6 aromatic rings. The molecule has 0 bridgehead atoms. The fourth-order valence-corrected chi connectivity index (χ4v) is 8.51. The van der Waals surface area contributed by atoms with Crippen LogP contribution in [-0.4, -0.2) is 237 Å². The van der Waals surface area contributed by atoms with E-state index in [1.54, 1.807) is 154 Å². The number of halogens is 2. The first-order chi connectivity index (χ1) is 56.7. The van der Waals surface area contributed by atoms with E-state index in [0.717, 1.165) is 24.7 Å². The standard InChI is InChI=1S/C13H17N3O7.C13H19N3O5.2C13H17N3O4.C9H11N3O2.C8H15NO5.C5H3FN2O2.ClH/c1-13(2,3)23-12(19)15-8(11(17)18)7-22-10-4-5-14-6-9(10)16(20)21;1-13(2,3)21-12(19)16-9(11(17)18)7-20-10-4-5-15-6-8(10)14;2*1-13(2,3)20-12(18)16-9-7-19-10-4-5-14-6-8(10)15-11(9)17;1-12-7-4-11-3-2-8(7)14-5-6(10)9(12)13;1-8(2,3)14-7(13)9-5(4-10)6(11)12;6-4-1-2-7-3-5(4)8(9)10;/h4-6,8H,7H2,1-3H3,(H,15,19)(H,17,18);4-6,9H,7,14H2,1-3H3,(H,16,19)(H,17,18);2*4-6,9H,7H2,1-3H3,(H,15,17)(H,16,18);2-4,6H,5,10H2,1H3;5,10H,4H2,1-3H3,(H,9,13)(H,11,12);1-3H;1H/t8-;3*9-;6-;5-;;/m000000../s1. The molecule has 0 radical (unpaired) electrons. The van der Waals surface area contributed by atoms with Crippen molar-refractivity contribution in [1.82, 2.24) is 56.5 Å². The van der Waals surface area contributed by atoms with Crippen molar-refractivity contribution in [3.05, 3.63) is 137 Å². The van der Waals surface area contributed by atoms with Crippen molar-refractivity contribution in [3.63, 3.8) is 0 Å². The summed E-state index contributed by atoms with van der Waals surface area (Å²) in [6.45, 7) is 24.1. The largest absolute Gasteiger partial charge is 0.489 e. The highest BCUT2D eigenvalue weighted by molar-refractivity contribution is 6.00. The molecule has 0 aliphatic carbocycles. The molecule has 0 saturated heterocycles. The minimum Gasteiger partial charge on any atom is -0.489 e. The molecule has 9 rings (SSSR count). The second-order valence-electron chi connectivity index (χ2n) is 29.9. The highest BCUT2D eigenvalue weighted by Gasteiger charge is 2.33. The Labute approximate surface area is 708 Å². The lowest BCUT2D eigenvalue weighted by Gasteiger charge is -2.22. The number of nitrogen functional groups attached to an aromatic ring is 1. The molecular formula is C74H100ClFN18O29. The van der Waals surface area contributed by atoms with Crippen LogP contribution in [0.15, 0.2) is 111 Å². The van der Waals surface area contributed by atoms with Gasteiger partial charge in [-0.3, -0.25) is 64.5 Å². The van der Waals surface area contributed by atoms with Crippen molar-refractivity contribution >= 4 is 113 Å². The number of aliphatic hydroxyl groups is 1. The Balaban J connectivity index is 0.000000491. The van der Waals surface area contributed by atoms with Gasteiger partial charge >= 0.3 is 59.7 Å². The van der Waals surface area contributed by atoms with Crippen LogP contribution >= 0.6 is 12.4 Å². The van der Waals surface area contributed by atoms with E-state index in [1.165, 1.54) is 48.0 Å². The molecular weight excluding hydrogens is 1660 g/mol. The zero-order valence-electron chi connectivity index (χ0n) is 69.6. The summed E-state index contributed by atoms with van der Waals surface area (Å²) in [4.78, 5) is 169. The summed E-state index contributed by atoms with van der Waals surface area (Å²) < 4.78 is 64.0. The van der Waals surface area contributed by atoms with Crippen molar-refractivity contribution in [1.29, 1.82) is 0 Å². The van der Waals surface area contributed by atoms with Gasteiger partial charge in [-0.05, 0) is 110 Å². The Kier molecular flexibility index (Phi) is 41.6. The molecule has 3 aliphatic heterocycles. The number of nitrogens with two attached hydrogens (primary N) is 2. The molecule has 0 unspecified atom stereocenters. The number of hydrogen-bond acceptors (Lipinski definition) is 34. The average molecular weight is 1760 g/mol. The van der Waals surface area contributed by atoms with Crippen LogP contribution in [0.2, 0.25) is 0 Å². The van der Waals surface area contributed by atoms with Crippen LogP contribution in [0.4, 0.5) is 62.5 Å². The van der Waals surface area contributed by atoms with Crippen LogP contribution in [0.5, 0.6) is 28.7 Å². The van der Waals surface area contributed by atoms with Gasteiger partial charge in [0, 0.05) is 74.6 Å². The van der Waals surface area contributed by atoms with Crippen LogP contribution in [0.3, 0.4) is 0 Å². The molecule has 9 heterocycles. The Hall–Kier alpha value is -14.2. The lowest BCUT2D eigenvalue weighted by Crippen LogP contribution is -2.48. The maximum absolute atomic E-state index is 12.4. The molecule has 0 saturated carbocycles. The van der Waals surface area contributed by atoms with Crippen LogP contribution in [-0.2, 0) is 52.5 Å². The molecule has 8 amide bonds. The van der Waals surface area contributed by atoms with Gasteiger partial charge in [0.15, 0.2) is 23.9 Å². The second-order valence-corrected chi connectivity index (χ2v) is 29.9. The quantitative estimate of drug-likeness (QED) is 0.0272. The third-order valence-corrected chi connectivity index (χ3v) is 13.8. The van der Waals surface area contributed by atoms with Crippen LogP contribution in [0, 0.1) is 26.0 Å². The highest BCUT2D eigenvalue weighted by Crippen LogP contribution is 2.30. The molecule has 3 aliphatic rings. The summed E-state index contributed by atoms with van der Waals surface area (Å²) >= 11 is 0. The number of anilines is 4. The van der Waals surface area contributed by atoms with Crippen molar-refractivity contribution in [2.45, 2.75) is 168 Å². The third-order valence-electron chi connectivity index (χ3n) is 13.8. The van der Waals surface area contributed by atoms with Crippen LogP contribution < -0.4 is 77.3 Å². The average Bonchev–Trinajstić information content (AvgIpc) is 1.71. The number of carboxylic acid groups (broad SMARTS) is 3. The molecule has 0 spiro atoms. The minimum atomic E-state index is -1.43. The van der Waals surface area contributed by atoms with Gasteiger partial charge in [0.05, 0.1) is 46.9 Å². The van der Waals surface area contributed by atoms with Gasteiger partial charge in [0.25, 0.3) is 11.8 Å². The van der Waals surface area contributed by atoms with Crippen molar-refractivity contribution in [2.75, 3.05) is 68.0 Å². The smallest absolute Gasteiger partial charge is 0.408 e. The van der Waals surface area contributed by atoms with Crippen LogP contribution in [0.25, 0.3) is 0 Å². The Bertz CT molecular complexity index is 4490. The maximum Gasteiger partial charge on any atom is 0.408 e. The minimum absolute atomic E-state index is 0. The number of hydrogen-bond donors (Lipinski definition) is 13. The predicted octanol–water partition coefficient (Wildman–Crippen LogP) is 6.25. The number of aliphatic carboxylic acids is 3. The van der Waals surface area contributed by atoms with E-state index in [4.69, 9.17) is 79.3 Å². The number of nitrogens with zero attached hydrogens (tertiary/aromatic N) is 9. The topological polar surface area (TPSA) is 664 Å². The molecule has 49 heteroatoms. The number of pyridine rings is 6. The maximum atomic E-state index is 12.4. The number of carboxylic acids is 3. The zero-order valence-corrected chi connectivity index (χ0v) is 70.4. The summed E-state index contributed by atoms with van der Waals surface area (Å²) in [5, 5.41) is 72.6. The number of nitro groups is 2. The first kappa shape index (κ1) is 105. The Morgan fingerprint density at radius 2 is 0.846 bits per heavy atom. The van der Waals surface area contributed by atoms with Crippen molar-refractivity contribution in [2.24, 2.45) is 5.73 Å². The first-order valence-electron chi connectivity index (χ1n) is 36.1. The number of aliphatic hydroxyl groups excluding tert-OH is 1. The number of aromatic nitrogens is 6. The number of ether oxygens (including phenoxy) is 10. The number of likely N-dealkylation sites (N-methyl/N-ethyl adjacent to an activating group) is 1. The van der Waals surface area contributed by atoms with E-state index in [9.17, 15) is 77.4 Å². The Morgan fingerprint density at radius 1 is 0.512 bits per heavy atom. The molecule has 0 aromatic carbocycles. The number of amides is 8. The lowest BCUT2D eigenvalue weighted by atomic mass is 10.2. The molecule has 123 heavy (non-hydrogen) atoms. The normalized spacial score (nSPS) is 14.9. The Morgan fingerprint density at radius 3 is 1.22 bits per heavy atom.